The lowest BCUT2D eigenvalue weighted by atomic mass is 10.0. The van der Waals surface area contributed by atoms with Gasteiger partial charge in [-0.1, -0.05) is 18.5 Å². The van der Waals surface area contributed by atoms with Gasteiger partial charge < -0.3 is 0 Å². The van der Waals surface area contributed by atoms with Crippen molar-refractivity contribution in [2.45, 2.75) is 19.8 Å². The van der Waals surface area contributed by atoms with Crippen LogP contribution in [0.15, 0.2) is 18.2 Å². The van der Waals surface area contributed by atoms with E-state index in [-0.39, 0.29) is 5.78 Å². The molecule has 1 aromatic rings. The van der Waals surface area contributed by atoms with E-state index in [1.54, 1.807) is 11.8 Å². The first-order chi connectivity index (χ1) is 7.19. The number of aryl methyl sites for hydroxylation is 1. The standard InChI is InChI=1S/C12H15ClOS/c1-3-9-8-10(4-5-11(9)13)12(14)6-7-15-2/h4-5,8H,3,6-7H2,1-2H3. The van der Waals surface area contributed by atoms with Crippen molar-refractivity contribution in [2.75, 3.05) is 12.0 Å². The van der Waals surface area contributed by atoms with Crippen LogP contribution in [0.1, 0.15) is 29.3 Å². The Morgan fingerprint density at radius 1 is 1.47 bits per heavy atom. The minimum Gasteiger partial charge on any atom is -0.294 e. The van der Waals surface area contributed by atoms with Crippen LogP contribution in [0.2, 0.25) is 5.02 Å². The maximum atomic E-state index is 11.7. The molecule has 0 radical (unpaired) electrons. The summed E-state index contributed by atoms with van der Waals surface area (Å²) < 4.78 is 0. The fourth-order valence-electron chi connectivity index (χ4n) is 1.36. The summed E-state index contributed by atoms with van der Waals surface area (Å²) in [7, 11) is 0. The highest BCUT2D eigenvalue weighted by atomic mass is 35.5. The summed E-state index contributed by atoms with van der Waals surface area (Å²) in [5.74, 6) is 1.08. The Bertz CT molecular complexity index is 349. The molecule has 0 N–H and O–H groups in total. The van der Waals surface area contributed by atoms with Crippen molar-refractivity contribution >= 4 is 29.1 Å². The Kier molecular flexibility index (Phi) is 5.20. The van der Waals surface area contributed by atoms with E-state index in [9.17, 15) is 4.79 Å². The van der Waals surface area contributed by atoms with Gasteiger partial charge in [-0.2, -0.15) is 11.8 Å². The minimum absolute atomic E-state index is 0.204. The second-order valence-corrected chi connectivity index (χ2v) is 4.72. The summed E-state index contributed by atoms with van der Waals surface area (Å²) in [6, 6.07) is 5.53. The van der Waals surface area contributed by atoms with Crippen LogP contribution in [0.5, 0.6) is 0 Å². The Morgan fingerprint density at radius 3 is 2.80 bits per heavy atom. The molecule has 0 spiro atoms. The van der Waals surface area contributed by atoms with Crippen molar-refractivity contribution in [1.29, 1.82) is 0 Å². The molecule has 1 nitrogen and oxygen atoms in total. The molecule has 0 atom stereocenters. The molecule has 3 heteroatoms. The maximum absolute atomic E-state index is 11.7. The van der Waals surface area contributed by atoms with Crippen LogP contribution >= 0.6 is 23.4 Å². The van der Waals surface area contributed by atoms with Gasteiger partial charge in [0.1, 0.15) is 0 Å². The molecule has 82 valence electrons. The van der Waals surface area contributed by atoms with Crippen molar-refractivity contribution in [2.24, 2.45) is 0 Å². The number of halogens is 1. The van der Waals surface area contributed by atoms with E-state index in [4.69, 9.17) is 11.6 Å². The highest BCUT2D eigenvalue weighted by Gasteiger charge is 2.07. The van der Waals surface area contributed by atoms with Crippen molar-refractivity contribution < 1.29 is 4.79 Å². The summed E-state index contributed by atoms with van der Waals surface area (Å²) in [6.45, 7) is 2.04. The molecule has 0 bridgehead atoms. The van der Waals surface area contributed by atoms with Gasteiger partial charge in [-0.15, -0.1) is 0 Å². The predicted molar refractivity (Wildman–Crippen MR) is 68.2 cm³/mol. The quantitative estimate of drug-likeness (QED) is 0.730. The first kappa shape index (κ1) is 12.6. The molecule has 0 aliphatic carbocycles. The zero-order chi connectivity index (χ0) is 11.3. The summed E-state index contributed by atoms with van der Waals surface area (Å²) in [4.78, 5) is 11.7. The molecular formula is C12H15ClOS. The van der Waals surface area contributed by atoms with Crippen LogP contribution in [0.4, 0.5) is 0 Å². The van der Waals surface area contributed by atoms with Gasteiger partial charge in [0.05, 0.1) is 0 Å². The van der Waals surface area contributed by atoms with Crippen molar-refractivity contribution in [3.8, 4) is 0 Å². The highest BCUT2D eigenvalue weighted by molar-refractivity contribution is 7.98. The molecule has 0 aliphatic heterocycles. The van der Waals surface area contributed by atoms with Gasteiger partial charge in [-0.25, -0.2) is 0 Å². The molecule has 1 rings (SSSR count). The monoisotopic (exact) mass is 242 g/mol. The van der Waals surface area contributed by atoms with Crippen LogP contribution in [0.3, 0.4) is 0 Å². The molecule has 0 unspecified atom stereocenters. The molecular weight excluding hydrogens is 228 g/mol. The van der Waals surface area contributed by atoms with E-state index in [2.05, 4.69) is 0 Å². The number of Topliss-reactive ketones (excluding diaryl/α,β-unsaturated/α-hetero) is 1. The number of benzene rings is 1. The third-order valence-electron chi connectivity index (χ3n) is 2.28. The first-order valence-corrected chi connectivity index (χ1v) is 6.76. The third-order valence-corrected chi connectivity index (χ3v) is 3.26. The molecule has 0 aromatic heterocycles. The molecule has 1 aromatic carbocycles. The lowest BCUT2D eigenvalue weighted by Crippen LogP contribution is -2.01. The van der Waals surface area contributed by atoms with E-state index in [1.165, 1.54) is 0 Å². The average Bonchev–Trinajstić information content (AvgIpc) is 2.26. The molecule has 15 heavy (non-hydrogen) atoms. The molecule has 0 aliphatic rings. The van der Waals surface area contributed by atoms with Gasteiger partial charge in [-0.05, 0) is 36.4 Å². The summed E-state index contributed by atoms with van der Waals surface area (Å²) in [5, 5.41) is 0.749. The van der Waals surface area contributed by atoms with Crippen molar-refractivity contribution in [3.63, 3.8) is 0 Å². The van der Waals surface area contributed by atoms with Gasteiger partial charge in [0.25, 0.3) is 0 Å². The summed E-state index contributed by atoms with van der Waals surface area (Å²) in [6.07, 6.45) is 3.47. The number of hydrogen-bond donors (Lipinski definition) is 0. The van der Waals surface area contributed by atoms with Gasteiger partial charge in [0.15, 0.2) is 5.78 Å². The third kappa shape index (κ3) is 3.54. The first-order valence-electron chi connectivity index (χ1n) is 4.99. The lowest BCUT2D eigenvalue weighted by molar-refractivity contribution is 0.0989. The second kappa shape index (κ2) is 6.19. The molecule has 0 amide bonds. The Balaban J connectivity index is 2.81. The number of carbonyl (C=O) groups excluding carboxylic acids is 1. The SMILES string of the molecule is CCc1cc(C(=O)CCSC)ccc1Cl. The zero-order valence-electron chi connectivity index (χ0n) is 9.05. The van der Waals surface area contributed by atoms with E-state index in [0.717, 1.165) is 28.3 Å². The predicted octanol–water partition coefficient (Wildman–Crippen LogP) is 3.84. The summed E-state index contributed by atoms with van der Waals surface area (Å²) >= 11 is 7.68. The Labute approximate surface area is 100 Å². The number of hydrogen-bond acceptors (Lipinski definition) is 2. The van der Waals surface area contributed by atoms with Gasteiger partial charge in [0.2, 0.25) is 0 Å². The van der Waals surface area contributed by atoms with Gasteiger partial charge in [0, 0.05) is 22.8 Å². The number of ketones is 1. The normalized spacial score (nSPS) is 10.3. The molecule has 0 saturated heterocycles. The lowest BCUT2D eigenvalue weighted by Gasteiger charge is -2.04. The number of rotatable bonds is 5. The fourth-order valence-corrected chi connectivity index (χ4v) is 2.00. The van der Waals surface area contributed by atoms with Crippen LogP contribution in [0, 0.1) is 0 Å². The van der Waals surface area contributed by atoms with E-state index in [0.29, 0.717) is 6.42 Å². The smallest absolute Gasteiger partial charge is 0.163 e. The van der Waals surface area contributed by atoms with E-state index in [1.807, 2.05) is 31.4 Å². The topological polar surface area (TPSA) is 17.1 Å². The number of thioether (sulfide) groups is 1. The Morgan fingerprint density at radius 2 is 2.20 bits per heavy atom. The molecule has 0 saturated carbocycles. The molecule has 0 fully saturated rings. The van der Waals surface area contributed by atoms with Crippen LogP contribution in [-0.2, 0) is 6.42 Å². The second-order valence-electron chi connectivity index (χ2n) is 3.33. The van der Waals surface area contributed by atoms with Gasteiger partial charge >= 0.3 is 0 Å². The van der Waals surface area contributed by atoms with Crippen LogP contribution < -0.4 is 0 Å². The van der Waals surface area contributed by atoms with Gasteiger partial charge in [-0.3, -0.25) is 4.79 Å². The number of carbonyl (C=O) groups is 1. The largest absolute Gasteiger partial charge is 0.294 e. The van der Waals surface area contributed by atoms with Crippen LogP contribution in [-0.4, -0.2) is 17.8 Å². The minimum atomic E-state index is 0.204. The highest BCUT2D eigenvalue weighted by Crippen LogP contribution is 2.19. The zero-order valence-corrected chi connectivity index (χ0v) is 10.6. The molecule has 0 heterocycles. The van der Waals surface area contributed by atoms with E-state index >= 15 is 0 Å². The fraction of sp³-hybridized carbons (Fsp3) is 0.417. The van der Waals surface area contributed by atoms with Crippen LogP contribution in [0.25, 0.3) is 0 Å². The Hall–Kier alpha value is -0.470. The maximum Gasteiger partial charge on any atom is 0.163 e. The van der Waals surface area contributed by atoms with Crippen molar-refractivity contribution in [1.82, 2.24) is 0 Å². The average molecular weight is 243 g/mol. The summed E-state index contributed by atoms with van der Waals surface area (Å²) in [5.41, 5.74) is 1.83. The van der Waals surface area contributed by atoms with Crippen molar-refractivity contribution in [3.05, 3.63) is 34.3 Å². The van der Waals surface area contributed by atoms with E-state index < -0.39 is 0 Å².